The fraction of sp³-hybridized carbons (Fsp3) is 0.818. The SMILES string of the molecule is CC(C)CC(NC(=O)C(N)CCCCN)C(=O)NC(CCCCN)C(=O)NC(C(=O)O)C(C)O. The van der Waals surface area contributed by atoms with Gasteiger partial charge in [0.25, 0.3) is 0 Å². The van der Waals surface area contributed by atoms with Crippen molar-refractivity contribution < 1.29 is 29.4 Å². The van der Waals surface area contributed by atoms with E-state index in [2.05, 4.69) is 16.0 Å². The number of hydrogen-bond donors (Lipinski definition) is 8. The Morgan fingerprint density at radius 2 is 1.26 bits per heavy atom. The van der Waals surface area contributed by atoms with Gasteiger partial charge in [0.05, 0.1) is 12.1 Å². The molecule has 0 rings (SSSR count). The monoisotopic (exact) mass is 488 g/mol. The van der Waals surface area contributed by atoms with E-state index in [9.17, 15) is 29.4 Å². The first kappa shape index (κ1) is 31.7. The molecule has 3 amide bonds. The fourth-order valence-corrected chi connectivity index (χ4v) is 3.30. The molecule has 0 aromatic heterocycles. The number of aliphatic hydroxyl groups is 1. The van der Waals surface area contributed by atoms with Crippen LogP contribution in [0.15, 0.2) is 0 Å². The largest absolute Gasteiger partial charge is 0.480 e. The zero-order valence-corrected chi connectivity index (χ0v) is 20.6. The Morgan fingerprint density at radius 3 is 1.74 bits per heavy atom. The summed E-state index contributed by atoms with van der Waals surface area (Å²) in [6, 6.07) is -4.31. The molecule has 0 aliphatic rings. The van der Waals surface area contributed by atoms with E-state index in [1.54, 1.807) is 0 Å². The van der Waals surface area contributed by atoms with Crippen molar-refractivity contribution in [2.45, 2.75) is 96.0 Å². The van der Waals surface area contributed by atoms with Crippen LogP contribution in [0, 0.1) is 5.92 Å². The lowest BCUT2D eigenvalue weighted by Crippen LogP contribution is -2.58. The molecule has 198 valence electrons. The molecule has 0 fully saturated rings. The Morgan fingerprint density at radius 1 is 0.765 bits per heavy atom. The number of aliphatic hydroxyl groups excluding tert-OH is 1. The van der Waals surface area contributed by atoms with Crippen LogP contribution >= 0.6 is 0 Å². The number of carbonyl (C=O) groups excluding carboxylic acids is 3. The van der Waals surface area contributed by atoms with Gasteiger partial charge < -0.3 is 43.4 Å². The first-order valence-corrected chi connectivity index (χ1v) is 11.9. The summed E-state index contributed by atoms with van der Waals surface area (Å²) in [7, 11) is 0. The number of rotatable bonds is 18. The van der Waals surface area contributed by atoms with Crippen LogP contribution in [-0.2, 0) is 19.2 Å². The summed E-state index contributed by atoms with van der Waals surface area (Å²) in [6.07, 6.45) is 2.15. The molecule has 5 unspecified atom stereocenters. The third-order valence-corrected chi connectivity index (χ3v) is 5.27. The van der Waals surface area contributed by atoms with E-state index in [-0.39, 0.29) is 12.3 Å². The van der Waals surface area contributed by atoms with Gasteiger partial charge in [-0.25, -0.2) is 4.79 Å². The predicted octanol–water partition coefficient (Wildman–Crippen LogP) is -1.46. The number of amides is 3. The third-order valence-electron chi connectivity index (χ3n) is 5.27. The number of aliphatic carboxylic acids is 1. The van der Waals surface area contributed by atoms with Gasteiger partial charge in [0.15, 0.2) is 6.04 Å². The van der Waals surface area contributed by atoms with Crippen molar-refractivity contribution in [3.8, 4) is 0 Å². The lowest BCUT2D eigenvalue weighted by molar-refractivity contribution is -0.145. The van der Waals surface area contributed by atoms with Gasteiger partial charge in [0.2, 0.25) is 17.7 Å². The summed E-state index contributed by atoms with van der Waals surface area (Å²) in [5.41, 5.74) is 16.9. The number of carboxylic acid groups (broad SMARTS) is 1. The summed E-state index contributed by atoms with van der Waals surface area (Å²) in [4.78, 5) is 49.7. The number of nitrogens with one attached hydrogen (secondary N) is 3. The molecule has 0 aliphatic heterocycles. The number of hydrogen-bond acceptors (Lipinski definition) is 8. The van der Waals surface area contributed by atoms with Crippen LogP contribution in [0.5, 0.6) is 0 Å². The molecule has 0 aromatic rings. The van der Waals surface area contributed by atoms with E-state index in [1.165, 1.54) is 6.92 Å². The topological polar surface area (TPSA) is 223 Å². The van der Waals surface area contributed by atoms with Crippen molar-refractivity contribution in [1.29, 1.82) is 0 Å². The zero-order chi connectivity index (χ0) is 26.3. The van der Waals surface area contributed by atoms with Gasteiger partial charge in [-0.2, -0.15) is 0 Å². The molecule has 12 nitrogen and oxygen atoms in total. The third kappa shape index (κ3) is 12.8. The quantitative estimate of drug-likeness (QED) is 0.105. The van der Waals surface area contributed by atoms with Crippen LogP contribution in [0.2, 0.25) is 0 Å². The van der Waals surface area contributed by atoms with Crippen LogP contribution in [0.3, 0.4) is 0 Å². The maximum absolute atomic E-state index is 13.0. The Kier molecular flexibility index (Phi) is 16.0. The predicted molar refractivity (Wildman–Crippen MR) is 128 cm³/mol. The summed E-state index contributed by atoms with van der Waals surface area (Å²) >= 11 is 0. The second kappa shape index (κ2) is 17.2. The Labute approximate surface area is 201 Å². The van der Waals surface area contributed by atoms with E-state index in [0.717, 1.165) is 6.42 Å². The van der Waals surface area contributed by atoms with Crippen LogP contribution in [0.4, 0.5) is 0 Å². The van der Waals surface area contributed by atoms with Crippen LogP contribution in [0.25, 0.3) is 0 Å². The highest BCUT2D eigenvalue weighted by Crippen LogP contribution is 2.09. The van der Waals surface area contributed by atoms with Gasteiger partial charge in [-0.3, -0.25) is 14.4 Å². The smallest absolute Gasteiger partial charge is 0.328 e. The molecule has 0 saturated carbocycles. The van der Waals surface area contributed by atoms with Gasteiger partial charge in [-0.1, -0.05) is 20.3 Å². The Balaban J connectivity index is 5.42. The van der Waals surface area contributed by atoms with E-state index < -0.39 is 54.0 Å². The molecule has 0 bridgehead atoms. The molecule has 0 radical (unpaired) electrons. The van der Waals surface area contributed by atoms with Gasteiger partial charge in [-0.05, 0) is 64.5 Å². The first-order valence-electron chi connectivity index (χ1n) is 11.9. The van der Waals surface area contributed by atoms with E-state index in [0.29, 0.717) is 45.2 Å². The van der Waals surface area contributed by atoms with E-state index >= 15 is 0 Å². The van der Waals surface area contributed by atoms with Crippen LogP contribution in [0.1, 0.15) is 65.7 Å². The standard InChI is InChI=1S/C22H44N6O6/c1-13(2)12-17(27-19(30)15(25)8-4-6-10-23)21(32)26-16(9-5-7-11-24)20(31)28-18(14(3)29)22(33)34/h13-18,29H,4-12,23-25H2,1-3H3,(H,26,32)(H,27,30)(H,28,31)(H,33,34). The first-order chi connectivity index (χ1) is 15.9. The molecular formula is C22H44N6O6. The summed E-state index contributed by atoms with van der Waals surface area (Å²) in [5.74, 6) is -3.13. The average molecular weight is 489 g/mol. The summed E-state index contributed by atoms with van der Waals surface area (Å²) < 4.78 is 0. The number of nitrogens with two attached hydrogens (primary N) is 3. The lowest BCUT2D eigenvalue weighted by atomic mass is 10.0. The minimum Gasteiger partial charge on any atom is -0.480 e. The maximum atomic E-state index is 13.0. The molecule has 0 saturated heterocycles. The molecule has 12 heteroatoms. The van der Waals surface area contributed by atoms with E-state index in [1.807, 2.05) is 13.8 Å². The second-order valence-corrected chi connectivity index (χ2v) is 8.99. The normalized spacial score (nSPS) is 15.6. The van der Waals surface area contributed by atoms with Crippen molar-refractivity contribution in [2.75, 3.05) is 13.1 Å². The Hall–Kier alpha value is -2.28. The molecule has 0 aliphatic carbocycles. The number of unbranched alkanes of at least 4 members (excludes halogenated alkanes) is 2. The van der Waals surface area contributed by atoms with Crippen molar-refractivity contribution >= 4 is 23.7 Å². The van der Waals surface area contributed by atoms with Gasteiger partial charge in [-0.15, -0.1) is 0 Å². The minimum absolute atomic E-state index is 0.0562. The van der Waals surface area contributed by atoms with E-state index in [4.69, 9.17) is 17.2 Å². The zero-order valence-electron chi connectivity index (χ0n) is 20.6. The highest BCUT2D eigenvalue weighted by atomic mass is 16.4. The molecule has 0 aromatic carbocycles. The highest BCUT2D eigenvalue weighted by molar-refractivity contribution is 5.94. The van der Waals surface area contributed by atoms with Crippen molar-refractivity contribution in [2.24, 2.45) is 23.1 Å². The average Bonchev–Trinajstić information content (AvgIpc) is 2.75. The number of carbonyl (C=O) groups is 4. The molecule has 0 heterocycles. The summed E-state index contributed by atoms with van der Waals surface area (Å²) in [6.45, 7) is 5.91. The minimum atomic E-state index is -1.53. The molecular weight excluding hydrogens is 444 g/mol. The van der Waals surface area contributed by atoms with Crippen molar-refractivity contribution in [3.63, 3.8) is 0 Å². The van der Waals surface area contributed by atoms with Crippen molar-refractivity contribution in [1.82, 2.24) is 16.0 Å². The highest BCUT2D eigenvalue weighted by Gasteiger charge is 2.31. The Bertz CT molecular complexity index is 645. The second-order valence-electron chi connectivity index (χ2n) is 8.99. The van der Waals surface area contributed by atoms with Gasteiger partial charge in [0.1, 0.15) is 12.1 Å². The molecule has 34 heavy (non-hydrogen) atoms. The fourth-order valence-electron chi connectivity index (χ4n) is 3.30. The lowest BCUT2D eigenvalue weighted by Gasteiger charge is -2.26. The van der Waals surface area contributed by atoms with Gasteiger partial charge in [0, 0.05) is 0 Å². The number of carboxylic acids is 1. The summed E-state index contributed by atoms with van der Waals surface area (Å²) in [5, 5.41) is 26.5. The van der Waals surface area contributed by atoms with Crippen LogP contribution in [-0.4, -0.2) is 77.3 Å². The molecule has 11 N–H and O–H groups in total. The van der Waals surface area contributed by atoms with Crippen molar-refractivity contribution in [3.05, 3.63) is 0 Å². The maximum Gasteiger partial charge on any atom is 0.328 e. The molecule has 5 atom stereocenters. The van der Waals surface area contributed by atoms with Gasteiger partial charge >= 0.3 is 5.97 Å². The van der Waals surface area contributed by atoms with Crippen LogP contribution < -0.4 is 33.2 Å². The molecule has 0 spiro atoms.